The van der Waals surface area contributed by atoms with Gasteiger partial charge < -0.3 is 19.1 Å². The number of benzene rings is 3. The minimum Gasteiger partial charge on any atom is -0.497 e. The van der Waals surface area contributed by atoms with Crippen LogP contribution in [0.15, 0.2) is 78.9 Å². The van der Waals surface area contributed by atoms with Crippen molar-refractivity contribution >= 4 is 6.03 Å². The van der Waals surface area contributed by atoms with E-state index < -0.39 is 6.03 Å². The zero-order chi connectivity index (χ0) is 25.3. The molecule has 0 spiro atoms. The smallest absolute Gasteiger partial charge is 0.343 e. The highest BCUT2D eigenvalue weighted by molar-refractivity contribution is 5.73. The van der Waals surface area contributed by atoms with Gasteiger partial charge in [0.15, 0.2) is 0 Å². The number of carbonyl (C=O) groups is 1. The monoisotopic (exact) mass is 490 g/mol. The van der Waals surface area contributed by atoms with E-state index in [1.807, 2.05) is 60.7 Å². The Balaban J connectivity index is 1.50. The number of hydrogen-bond acceptors (Lipinski definition) is 5. The summed E-state index contributed by atoms with van der Waals surface area (Å²) in [5, 5.41) is 10.4. The molecular weight excluding hydrogens is 456 g/mol. The summed E-state index contributed by atoms with van der Waals surface area (Å²) in [5.74, 6) is 1.78. The number of amides is 2. The molecule has 1 N–H and O–H groups in total. The fourth-order valence-corrected chi connectivity index (χ4v) is 4.79. The molecule has 7 heteroatoms. The minimum atomic E-state index is -0.402. The fourth-order valence-electron chi connectivity index (χ4n) is 4.79. The maximum atomic E-state index is 12.6. The molecule has 3 aromatic rings. The lowest BCUT2D eigenvalue weighted by Crippen LogP contribution is -2.46. The highest BCUT2D eigenvalue weighted by atomic mass is 16.5. The Bertz CT molecular complexity index is 1100. The largest absolute Gasteiger partial charge is 0.497 e. The molecule has 1 saturated heterocycles. The molecule has 2 unspecified atom stereocenters. The van der Waals surface area contributed by atoms with E-state index >= 15 is 0 Å². The second-order valence-electron chi connectivity index (χ2n) is 8.95. The van der Waals surface area contributed by atoms with Gasteiger partial charge in [0.1, 0.15) is 18.1 Å². The van der Waals surface area contributed by atoms with Crippen LogP contribution in [0.25, 0.3) is 0 Å². The number of hydroxylamine groups is 2. The first-order valence-corrected chi connectivity index (χ1v) is 12.3. The van der Waals surface area contributed by atoms with Gasteiger partial charge in [0.25, 0.3) is 0 Å². The molecule has 0 bridgehead atoms. The number of rotatable bonds is 9. The molecule has 0 saturated carbocycles. The summed E-state index contributed by atoms with van der Waals surface area (Å²) in [6.07, 6.45) is 0.769. The number of likely N-dealkylation sites (tertiary alicyclic amines) is 1. The number of nitrogens with zero attached hydrogens (tertiary/aromatic N) is 2. The first-order valence-electron chi connectivity index (χ1n) is 12.3. The van der Waals surface area contributed by atoms with Crippen molar-refractivity contribution in [2.75, 3.05) is 40.5 Å². The van der Waals surface area contributed by atoms with Crippen LogP contribution in [0.3, 0.4) is 0 Å². The Labute approximate surface area is 212 Å². The standard InChI is InChI=1S/C29H34N2O5/c1-30(33)29(32)31-17-16-25(23-12-14-24(34-2)15-13-23)27(20-31)26-10-6-7-11-28(26)36-19-18-35-21-22-8-4-3-5-9-22/h3-15,25,27,33H,16-21H2,1-2H3. The van der Waals surface area contributed by atoms with Crippen molar-refractivity contribution in [3.63, 3.8) is 0 Å². The molecule has 0 radical (unpaired) electrons. The highest BCUT2D eigenvalue weighted by Crippen LogP contribution is 2.43. The van der Waals surface area contributed by atoms with E-state index in [9.17, 15) is 10.0 Å². The van der Waals surface area contributed by atoms with Crippen LogP contribution in [0.4, 0.5) is 4.79 Å². The predicted octanol–water partition coefficient (Wildman–Crippen LogP) is 5.30. The summed E-state index contributed by atoms with van der Waals surface area (Å²) < 4.78 is 17.3. The Hall–Kier alpha value is -3.55. The van der Waals surface area contributed by atoms with Crippen LogP contribution < -0.4 is 9.47 Å². The first-order chi connectivity index (χ1) is 17.6. The fraction of sp³-hybridized carbons (Fsp3) is 0.345. The molecule has 2 atom stereocenters. The number of urea groups is 1. The lowest BCUT2D eigenvalue weighted by atomic mass is 9.76. The highest BCUT2D eigenvalue weighted by Gasteiger charge is 2.35. The molecule has 2 amide bonds. The molecule has 7 nitrogen and oxygen atoms in total. The Kier molecular flexibility index (Phi) is 8.81. The zero-order valence-corrected chi connectivity index (χ0v) is 20.9. The van der Waals surface area contributed by atoms with Crippen LogP contribution in [0, 0.1) is 0 Å². The molecule has 1 fully saturated rings. The van der Waals surface area contributed by atoms with Gasteiger partial charge in [-0.1, -0.05) is 60.7 Å². The minimum absolute atomic E-state index is 0.00233. The number of para-hydroxylation sites is 1. The van der Waals surface area contributed by atoms with E-state index in [1.54, 1.807) is 12.0 Å². The van der Waals surface area contributed by atoms with Crippen LogP contribution in [-0.2, 0) is 11.3 Å². The van der Waals surface area contributed by atoms with E-state index in [0.29, 0.717) is 38.0 Å². The third kappa shape index (κ3) is 6.36. The number of hydrogen-bond donors (Lipinski definition) is 1. The van der Waals surface area contributed by atoms with Crippen LogP contribution in [-0.4, -0.2) is 61.7 Å². The summed E-state index contributed by atoms with van der Waals surface area (Å²) in [6, 6.07) is 25.8. The first kappa shape index (κ1) is 25.5. The normalized spacial score (nSPS) is 17.5. The Morgan fingerprint density at radius 1 is 0.972 bits per heavy atom. The van der Waals surface area contributed by atoms with Crippen LogP contribution >= 0.6 is 0 Å². The van der Waals surface area contributed by atoms with Gasteiger partial charge in [0.05, 0.1) is 20.3 Å². The molecule has 190 valence electrons. The molecule has 1 aliphatic rings. The summed E-state index contributed by atoms with van der Waals surface area (Å²) in [4.78, 5) is 14.3. The van der Waals surface area contributed by atoms with Gasteiger partial charge in [-0.2, -0.15) is 0 Å². The van der Waals surface area contributed by atoms with Gasteiger partial charge in [-0.05, 0) is 47.2 Å². The van der Waals surface area contributed by atoms with Crippen LogP contribution in [0.1, 0.15) is 34.9 Å². The van der Waals surface area contributed by atoms with E-state index in [2.05, 4.69) is 18.2 Å². The molecule has 36 heavy (non-hydrogen) atoms. The average molecular weight is 491 g/mol. The van der Waals surface area contributed by atoms with E-state index in [4.69, 9.17) is 14.2 Å². The van der Waals surface area contributed by atoms with Gasteiger partial charge in [-0.15, -0.1) is 0 Å². The summed E-state index contributed by atoms with van der Waals surface area (Å²) in [7, 11) is 3.02. The van der Waals surface area contributed by atoms with E-state index in [0.717, 1.165) is 29.0 Å². The molecular formula is C29H34N2O5. The van der Waals surface area contributed by atoms with Crippen molar-refractivity contribution < 1.29 is 24.2 Å². The van der Waals surface area contributed by atoms with Crippen molar-refractivity contribution in [3.05, 3.63) is 95.6 Å². The topological polar surface area (TPSA) is 71.5 Å². The van der Waals surface area contributed by atoms with Crippen molar-refractivity contribution in [2.45, 2.75) is 24.9 Å². The lowest BCUT2D eigenvalue weighted by molar-refractivity contribution is -0.0366. The van der Waals surface area contributed by atoms with Gasteiger partial charge in [-0.3, -0.25) is 5.21 Å². The van der Waals surface area contributed by atoms with Crippen molar-refractivity contribution in [2.24, 2.45) is 0 Å². The maximum Gasteiger partial charge on any atom is 0.343 e. The molecule has 3 aromatic carbocycles. The lowest BCUT2D eigenvalue weighted by Gasteiger charge is -2.40. The number of methoxy groups -OCH3 is 1. The van der Waals surface area contributed by atoms with Crippen LogP contribution in [0.5, 0.6) is 11.5 Å². The SMILES string of the molecule is COc1ccc(C2CCN(C(=O)N(C)O)CC2c2ccccc2OCCOCc2ccccc2)cc1. The molecule has 4 rings (SSSR count). The second kappa shape index (κ2) is 12.4. The molecule has 1 heterocycles. The molecule has 0 aliphatic carbocycles. The summed E-state index contributed by atoms with van der Waals surface area (Å²) in [5.41, 5.74) is 3.35. The van der Waals surface area contributed by atoms with Crippen LogP contribution in [0.2, 0.25) is 0 Å². The molecule has 0 aromatic heterocycles. The zero-order valence-electron chi connectivity index (χ0n) is 20.9. The van der Waals surface area contributed by atoms with Crippen molar-refractivity contribution in [1.82, 2.24) is 9.96 Å². The van der Waals surface area contributed by atoms with E-state index in [1.165, 1.54) is 12.6 Å². The summed E-state index contributed by atoms with van der Waals surface area (Å²) >= 11 is 0. The van der Waals surface area contributed by atoms with Gasteiger partial charge in [0, 0.05) is 26.1 Å². The van der Waals surface area contributed by atoms with Gasteiger partial charge >= 0.3 is 6.03 Å². The van der Waals surface area contributed by atoms with Gasteiger partial charge in [-0.25, -0.2) is 9.86 Å². The predicted molar refractivity (Wildman–Crippen MR) is 138 cm³/mol. The van der Waals surface area contributed by atoms with Gasteiger partial charge in [0.2, 0.25) is 0 Å². The maximum absolute atomic E-state index is 12.6. The summed E-state index contributed by atoms with van der Waals surface area (Å²) in [6.45, 7) is 2.47. The van der Waals surface area contributed by atoms with Crippen molar-refractivity contribution in [3.8, 4) is 11.5 Å². The third-order valence-corrected chi connectivity index (χ3v) is 6.62. The quantitative estimate of drug-likeness (QED) is 0.250. The third-order valence-electron chi connectivity index (χ3n) is 6.62. The average Bonchev–Trinajstić information content (AvgIpc) is 2.93. The van der Waals surface area contributed by atoms with E-state index in [-0.39, 0.29) is 11.8 Å². The Morgan fingerprint density at radius 2 is 1.69 bits per heavy atom. The van der Waals surface area contributed by atoms with Crippen molar-refractivity contribution in [1.29, 1.82) is 0 Å². The number of carbonyl (C=O) groups excluding carboxylic acids is 1. The second-order valence-corrected chi connectivity index (χ2v) is 8.95. The number of piperidine rings is 1. The Morgan fingerprint density at radius 3 is 2.42 bits per heavy atom. The molecule has 1 aliphatic heterocycles. The number of ether oxygens (including phenoxy) is 3.